The summed E-state index contributed by atoms with van der Waals surface area (Å²) in [5, 5.41) is 3.02. The molecule has 0 saturated heterocycles. The minimum atomic E-state index is 0.609. The van der Waals surface area contributed by atoms with Gasteiger partial charge in [-0.25, -0.2) is 9.97 Å². The van der Waals surface area contributed by atoms with E-state index in [0.29, 0.717) is 5.41 Å². The molecule has 0 bridgehead atoms. The predicted octanol–water partition coefficient (Wildman–Crippen LogP) is 2.57. The Morgan fingerprint density at radius 2 is 2.06 bits per heavy atom. The van der Waals surface area contributed by atoms with Gasteiger partial charge in [0, 0.05) is 18.9 Å². The first-order valence-corrected chi connectivity index (χ1v) is 6.34. The van der Waals surface area contributed by atoms with Crippen molar-refractivity contribution in [3.63, 3.8) is 0 Å². The van der Waals surface area contributed by atoms with Crippen LogP contribution in [0.5, 0.6) is 0 Å². The molecule has 0 unspecified atom stereocenters. The first-order chi connectivity index (χ1) is 7.81. The van der Waals surface area contributed by atoms with Crippen molar-refractivity contribution >= 4 is 5.95 Å². The van der Waals surface area contributed by atoms with Crippen molar-refractivity contribution in [1.82, 2.24) is 9.97 Å². The fraction of sp³-hybridized carbons (Fsp3) is 0.692. The van der Waals surface area contributed by atoms with Crippen LogP contribution in [0.25, 0.3) is 0 Å². The summed E-state index contributed by atoms with van der Waals surface area (Å²) in [5.74, 6) is 0.765. The Labute approximate surface area is 96.7 Å². The van der Waals surface area contributed by atoms with Crippen LogP contribution in [0.15, 0.2) is 6.20 Å². The lowest BCUT2D eigenvalue weighted by molar-refractivity contribution is 0.252. The van der Waals surface area contributed by atoms with E-state index >= 15 is 0 Å². The predicted molar refractivity (Wildman–Crippen MR) is 64.5 cm³/mol. The average Bonchev–Trinajstić information content (AvgIpc) is 2.77. The first-order valence-electron chi connectivity index (χ1n) is 6.34. The summed E-state index contributed by atoms with van der Waals surface area (Å²) in [6, 6.07) is 0. The van der Waals surface area contributed by atoms with E-state index in [4.69, 9.17) is 0 Å². The van der Waals surface area contributed by atoms with E-state index in [1.165, 1.54) is 49.8 Å². The Morgan fingerprint density at radius 1 is 1.25 bits per heavy atom. The summed E-state index contributed by atoms with van der Waals surface area (Å²) in [6.45, 7) is 0. The molecule has 1 fully saturated rings. The van der Waals surface area contributed by atoms with Crippen LogP contribution >= 0.6 is 0 Å². The molecule has 1 saturated carbocycles. The molecule has 1 heterocycles. The summed E-state index contributed by atoms with van der Waals surface area (Å²) in [6.07, 6.45) is 11.4. The molecule has 1 spiro atoms. The van der Waals surface area contributed by atoms with E-state index in [2.05, 4.69) is 15.3 Å². The third-order valence-electron chi connectivity index (χ3n) is 4.30. The second-order valence-electron chi connectivity index (χ2n) is 5.30. The standard InChI is InChI=1S/C13H19N3/c1-14-12-15-9-10-8-13(5-2-3-6-13)7-4-11(10)16-12/h9H,2-8H2,1H3,(H,14,15,16). The molecule has 16 heavy (non-hydrogen) atoms. The molecule has 1 aromatic heterocycles. The van der Waals surface area contributed by atoms with Crippen molar-refractivity contribution in [3.05, 3.63) is 17.5 Å². The molecular formula is C13H19N3. The van der Waals surface area contributed by atoms with Gasteiger partial charge in [-0.05, 0) is 43.1 Å². The zero-order valence-corrected chi connectivity index (χ0v) is 9.92. The highest BCUT2D eigenvalue weighted by molar-refractivity contribution is 5.31. The summed E-state index contributed by atoms with van der Waals surface area (Å²) in [4.78, 5) is 8.91. The molecule has 2 aliphatic carbocycles. The third kappa shape index (κ3) is 1.58. The normalized spacial score (nSPS) is 22.1. The smallest absolute Gasteiger partial charge is 0.222 e. The molecule has 1 N–H and O–H groups in total. The highest BCUT2D eigenvalue weighted by Crippen LogP contribution is 2.47. The fourth-order valence-electron chi connectivity index (χ4n) is 3.35. The molecule has 3 heteroatoms. The average molecular weight is 217 g/mol. The van der Waals surface area contributed by atoms with Gasteiger partial charge in [0.05, 0.1) is 0 Å². The van der Waals surface area contributed by atoms with Crippen LogP contribution in [0.1, 0.15) is 43.4 Å². The van der Waals surface area contributed by atoms with Crippen LogP contribution in [0, 0.1) is 5.41 Å². The largest absolute Gasteiger partial charge is 0.357 e. The zero-order chi connectivity index (χ0) is 11.0. The summed E-state index contributed by atoms with van der Waals surface area (Å²) >= 11 is 0. The number of hydrogen-bond donors (Lipinski definition) is 1. The number of nitrogens with one attached hydrogen (secondary N) is 1. The lowest BCUT2D eigenvalue weighted by atomic mass is 9.72. The molecular weight excluding hydrogens is 198 g/mol. The van der Waals surface area contributed by atoms with Crippen molar-refractivity contribution < 1.29 is 0 Å². The van der Waals surface area contributed by atoms with E-state index in [-0.39, 0.29) is 0 Å². The van der Waals surface area contributed by atoms with Crippen molar-refractivity contribution in [2.45, 2.75) is 44.9 Å². The Kier molecular flexibility index (Phi) is 2.34. The second-order valence-corrected chi connectivity index (χ2v) is 5.30. The maximum atomic E-state index is 4.56. The van der Waals surface area contributed by atoms with Crippen LogP contribution in [0.2, 0.25) is 0 Å². The van der Waals surface area contributed by atoms with E-state index in [9.17, 15) is 0 Å². The van der Waals surface area contributed by atoms with Crippen molar-refractivity contribution in [3.8, 4) is 0 Å². The summed E-state index contributed by atoms with van der Waals surface area (Å²) < 4.78 is 0. The SMILES string of the molecule is CNc1ncc2c(n1)CCC1(CCCC1)C2. The Hall–Kier alpha value is -1.12. The lowest BCUT2D eigenvalue weighted by Gasteiger charge is -2.33. The quantitative estimate of drug-likeness (QED) is 0.785. The highest BCUT2D eigenvalue weighted by Gasteiger charge is 2.37. The van der Waals surface area contributed by atoms with Crippen LogP contribution in [-0.4, -0.2) is 17.0 Å². The number of nitrogens with zero attached hydrogens (tertiary/aromatic N) is 2. The van der Waals surface area contributed by atoms with Crippen LogP contribution in [0.4, 0.5) is 5.95 Å². The molecule has 3 rings (SSSR count). The van der Waals surface area contributed by atoms with Gasteiger partial charge >= 0.3 is 0 Å². The van der Waals surface area contributed by atoms with Crippen LogP contribution in [-0.2, 0) is 12.8 Å². The fourth-order valence-corrected chi connectivity index (χ4v) is 3.35. The Balaban J connectivity index is 1.89. The minimum absolute atomic E-state index is 0.609. The Morgan fingerprint density at radius 3 is 2.81 bits per heavy atom. The minimum Gasteiger partial charge on any atom is -0.357 e. The number of aryl methyl sites for hydroxylation is 1. The van der Waals surface area contributed by atoms with Crippen molar-refractivity contribution in [2.24, 2.45) is 5.41 Å². The first kappa shape index (κ1) is 10.1. The molecule has 3 nitrogen and oxygen atoms in total. The number of anilines is 1. The number of rotatable bonds is 1. The lowest BCUT2D eigenvalue weighted by Crippen LogP contribution is -2.26. The number of aromatic nitrogens is 2. The maximum Gasteiger partial charge on any atom is 0.222 e. The van der Waals surface area contributed by atoms with Gasteiger partial charge in [-0.15, -0.1) is 0 Å². The zero-order valence-electron chi connectivity index (χ0n) is 9.92. The number of hydrogen-bond acceptors (Lipinski definition) is 3. The molecule has 1 aromatic rings. The second kappa shape index (κ2) is 3.72. The van der Waals surface area contributed by atoms with Gasteiger partial charge in [0.1, 0.15) is 0 Å². The molecule has 0 amide bonds. The van der Waals surface area contributed by atoms with Gasteiger partial charge in [-0.1, -0.05) is 12.8 Å². The van der Waals surface area contributed by atoms with Gasteiger partial charge in [0.2, 0.25) is 5.95 Å². The topological polar surface area (TPSA) is 37.8 Å². The summed E-state index contributed by atoms with van der Waals surface area (Å²) in [7, 11) is 1.88. The molecule has 0 aliphatic heterocycles. The number of fused-ring (bicyclic) bond motifs is 1. The molecule has 0 radical (unpaired) electrons. The van der Waals surface area contributed by atoms with E-state index in [1.54, 1.807) is 0 Å². The van der Waals surface area contributed by atoms with Gasteiger partial charge in [0.25, 0.3) is 0 Å². The van der Waals surface area contributed by atoms with E-state index < -0.39 is 0 Å². The van der Waals surface area contributed by atoms with Crippen LogP contribution < -0.4 is 5.32 Å². The molecule has 86 valence electrons. The van der Waals surface area contributed by atoms with Crippen LogP contribution in [0.3, 0.4) is 0 Å². The Bertz CT molecular complexity index is 394. The monoisotopic (exact) mass is 217 g/mol. The molecule has 0 aromatic carbocycles. The van der Waals surface area contributed by atoms with Crippen molar-refractivity contribution in [2.75, 3.05) is 12.4 Å². The van der Waals surface area contributed by atoms with E-state index in [1.807, 2.05) is 13.2 Å². The highest BCUT2D eigenvalue weighted by atomic mass is 15.1. The molecule has 0 atom stereocenters. The maximum absolute atomic E-state index is 4.56. The van der Waals surface area contributed by atoms with Crippen molar-refractivity contribution in [1.29, 1.82) is 0 Å². The summed E-state index contributed by atoms with van der Waals surface area (Å²) in [5.41, 5.74) is 3.28. The van der Waals surface area contributed by atoms with E-state index in [0.717, 1.165) is 12.4 Å². The third-order valence-corrected chi connectivity index (χ3v) is 4.30. The van der Waals surface area contributed by atoms with Gasteiger partial charge < -0.3 is 5.32 Å². The van der Waals surface area contributed by atoms with Gasteiger partial charge in [0.15, 0.2) is 0 Å². The van der Waals surface area contributed by atoms with Gasteiger partial charge in [-0.2, -0.15) is 0 Å². The van der Waals surface area contributed by atoms with Gasteiger partial charge in [-0.3, -0.25) is 0 Å². The molecule has 2 aliphatic rings.